The summed E-state index contributed by atoms with van der Waals surface area (Å²) in [5, 5.41) is 11.5. The lowest BCUT2D eigenvalue weighted by Gasteiger charge is -2.60. The molecule has 0 unspecified atom stereocenters. The van der Waals surface area contributed by atoms with Gasteiger partial charge in [-0.2, -0.15) is 0 Å². The molecule has 0 aromatic rings. The molecule has 2 aliphatic rings. The van der Waals surface area contributed by atoms with Gasteiger partial charge in [0.25, 0.3) is 0 Å². The Hall–Kier alpha value is -2.67. The molecular weight excluding hydrogens is 400 g/mol. The minimum absolute atomic E-state index is 0.0550. The summed E-state index contributed by atoms with van der Waals surface area (Å²) in [7, 11) is 0. The molecule has 0 heterocycles. The summed E-state index contributed by atoms with van der Waals surface area (Å²) in [6.07, 6.45) is 12.8. The molecule has 1 fully saturated rings. The van der Waals surface area contributed by atoms with Gasteiger partial charge in [-0.3, -0.25) is 14.4 Å². The highest BCUT2D eigenvalue weighted by Gasteiger charge is 2.71. The molecule has 2 bridgehead atoms. The van der Waals surface area contributed by atoms with Gasteiger partial charge in [0.2, 0.25) is 0 Å². The first-order chi connectivity index (χ1) is 15.0. The molecule has 2 aliphatic carbocycles. The minimum Gasteiger partial charge on any atom is -0.510 e. The number of aliphatic hydroxyl groups excluding tert-OH is 1. The number of fused-ring (bicyclic) bond motifs is 2. The number of allylic oxidation sites excluding steroid dienone is 6. The van der Waals surface area contributed by atoms with E-state index in [4.69, 9.17) is 6.42 Å². The van der Waals surface area contributed by atoms with E-state index in [1.165, 1.54) is 0 Å². The maximum atomic E-state index is 14.1. The van der Waals surface area contributed by atoms with E-state index >= 15 is 0 Å². The predicted molar refractivity (Wildman–Crippen MR) is 128 cm³/mol. The van der Waals surface area contributed by atoms with Crippen molar-refractivity contribution < 1.29 is 19.5 Å². The van der Waals surface area contributed by atoms with Crippen LogP contribution in [0.3, 0.4) is 0 Å². The SMILES string of the molecule is C#CCCCC(=O)C1=C(O)[C@@]2(CC=C)C(=O)[C@](CC=C)(C[C@@H](CC=C(C)C)C2(C)C)C1=O. The van der Waals surface area contributed by atoms with Crippen LogP contribution < -0.4 is 0 Å². The van der Waals surface area contributed by atoms with Crippen molar-refractivity contribution >= 4 is 17.3 Å². The number of aliphatic hydroxyl groups is 1. The molecule has 0 amide bonds. The molecule has 3 atom stereocenters. The minimum atomic E-state index is -1.40. The zero-order valence-corrected chi connectivity index (χ0v) is 19.9. The molecule has 1 N–H and O–H groups in total. The van der Waals surface area contributed by atoms with Crippen LogP contribution in [-0.4, -0.2) is 22.5 Å². The Bertz CT molecular complexity index is 935. The van der Waals surface area contributed by atoms with Crippen LogP contribution >= 0.6 is 0 Å². The summed E-state index contributed by atoms with van der Waals surface area (Å²) in [6.45, 7) is 15.6. The lowest BCUT2D eigenvalue weighted by atomic mass is 9.40. The zero-order chi connectivity index (χ0) is 24.3. The quantitative estimate of drug-likeness (QED) is 0.153. The molecule has 4 heteroatoms. The van der Waals surface area contributed by atoms with Crippen molar-refractivity contribution in [1.82, 2.24) is 0 Å². The van der Waals surface area contributed by atoms with Gasteiger partial charge in [0.15, 0.2) is 17.3 Å². The second-order valence-electron chi connectivity index (χ2n) is 9.98. The highest BCUT2D eigenvalue weighted by Crippen LogP contribution is 2.66. The molecule has 0 aromatic heterocycles. The second-order valence-corrected chi connectivity index (χ2v) is 9.98. The highest BCUT2D eigenvalue weighted by molar-refractivity contribution is 6.31. The Balaban J connectivity index is 2.83. The summed E-state index contributed by atoms with van der Waals surface area (Å²) in [5.41, 5.74) is -2.57. The van der Waals surface area contributed by atoms with E-state index in [9.17, 15) is 19.5 Å². The molecule has 172 valence electrons. The van der Waals surface area contributed by atoms with Crippen LogP contribution in [0, 0.1) is 34.5 Å². The Morgan fingerprint density at radius 1 is 1.22 bits per heavy atom. The molecule has 0 aromatic carbocycles. The summed E-state index contributed by atoms with van der Waals surface area (Å²) >= 11 is 0. The Morgan fingerprint density at radius 2 is 1.84 bits per heavy atom. The fourth-order valence-corrected chi connectivity index (χ4v) is 5.66. The van der Waals surface area contributed by atoms with E-state index in [2.05, 4.69) is 25.2 Å². The number of rotatable bonds is 10. The average Bonchev–Trinajstić information content (AvgIpc) is 2.71. The van der Waals surface area contributed by atoms with Gasteiger partial charge in [0.1, 0.15) is 11.3 Å². The van der Waals surface area contributed by atoms with Crippen molar-refractivity contribution in [1.29, 1.82) is 0 Å². The first kappa shape index (κ1) is 25.6. The topological polar surface area (TPSA) is 71.4 Å². The normalized spacial score (nSPS) is 28.7. The standard InChI is InChI=1S/C28H36O4/c1-8-11-12-13-21(29)22-23(30)27(16-9-2)18-20(15-14-19(4)5)26(6,7)28(17-10-3,24(22)31)25(27)32/h1,9-10,14,20,31H,2-3,11-13,15-18H2,4-7H3/t20-,27-,28+/m1/s1. The summed E-state index contributed by atoms with van der Waals surface area (Å²) in [6, 6.07) is 0. The van der Waals surface area contributed by atoms with Gasteiger partial charge in [-0.25, -0.2) is 0 Å². The smallest absolute Gasteiger partial charge is 0.183 e. The lowest BCUT2D eigenvalue weighted by Crippen LogP contribution is -2.66. The van der Waals surface area contributed by atoms with Gasteiger partial charge < -0.3 is 5.11 Å². The summed E-state index contributed by atoms with van der Waals surface area (Å²) in [5.74, 6) is 0.721. The second kappa shape index (κ2) is 9.45. The van der Waals surface area contributed by atoms with E-state index in [0.29, 0.717) is 25.7 Å². The number of ketones is 3. The highest BCUT2D eigenvalue weighted by atomic mass is 16.3. The maximum absolute atomic E-state index is 14.1. The van der Waals surface area contributed by atoms with Crippen LogP contribution in [0.5, 0.6) is 0 Å². The third-order valence-electron chi connectivity index (χ3n) is 7.60. The summed E-state index contributed by atoms with van der Waals surface area (Å²) in [4.78, 5) is 41.1. The van der Waals surface area contributed by atoms with Gasteiger partial charge >= 0.3 is 0 Å². The number of hydrogen-bond acceptors (Lipinski definition) is 4. The molecule has 0 saturated heterocycles. The van der Waals surface area contributed by atoms with Crippen LogP contribution in [0.4, 0.5) is 0 Å². The third kappa shape index (κ3) is 3.72. The number of Topliss-reactive ketones (excluding diaryl/α,β-unsaturated/α-hetero) is 3. The molecular formula is C28H36O4. The van der Waals surface area contributed by atoms with Gasteiger partial charge in [-0.1, -0.05) is 37.6 Å². The van der Waals surface area contributed by atoms with E-state index in [0.717, 1.165) is 5.57 Å². The number of hydrogen-bond donors (Lipinski definition) is 1. The largest absolute Gasteiger partial charge is 0.510 e. The first-order valence-corrected chi connectivity index (χ1v) is 11.3. The van der Waals surface area contributed by atoms with Gasteiger partial charge in [-0.05, 0) is 57.3 Å². The first-order valence-electron chi connectivity index (χ1n) is 11.3. The monoisotopic (exact) mass is 436 g/mol. The third-order valence-corrected chi connectivity index (χ3v) is 7.60. The molecule has 0 radical (unpaired) electrons. The molecule has 0 spiro atoms. The average molecular weight is 437 g/mol. The molecule has 0 aliphatic heterocycles. The Kier molecular flexibility index (Phi) is 7.55. The van der Waals surface area contributed by atoms with Gasteiger partial charge in [0, 0.05) is 12.8 Å². The number of carbonyl (C=O) groups is 3. The lowest BCUT2D eigenvalue weighted by molar-refractivity contribution is -0.169. The van der Waals surface area contributed by atoms with Crippen molar-refractivity contribution in [2.75, 3.05) is 0 Å². The maximum Gasteiger partial charge on any atom is 0.183 e. The van der Waals surface area contributed by atoms with Crippen LogP contribution in [0.25, 0.3) is 0 Å². The van der Waals surface area contributed by atoms with Crippen LogP contribution in [0.1, 0.15) is 72.6 Å². The Morgan fingerprint density at radius 3 is 2.38 bits per heavy atom. The van der Waals surface area contributed by atoms with Crippen molar-refractivity contribution in [2.24, 2.45) is 22.2 Å². The fourth-order valence-electron chi connectivity index (χ4n) is 5.66. The number of terminal acetylenes is 1. The molecule has 2 rings (SSSR count). The van der Waals surface area contributed by atoms with E-state index in [-0.39, 0.29) is 42.3 Å². The summed E-state index contributed by atoms with van der Waals surface area (Å²) < 4.78 is 0. The van der Waals surface area contributed by atoms with Crippen molar-refractivity contribution in [3.8, 4) is 12.3 Å². The van der Waals surface area contributed by atoms with E-state index < -0.39 is 27.8 Å². The molecule has 32 heavy (non-hydrogen) atoms. The van der Waals surface area contributed by atoms with Crippen LogP contribution in [0.2, 0.25) is 0 Å². The van der Waals surface area contributed by atoms with Gasteiger partial charge in [0.05, 0.1) is 10.8 Å². The molecule has 1 saturated carbocycles. The van der Waals surface area contributed by atoms with Crippen molar-refractivity contribution in [2.45, 2.75) is 72.6 Å². The van der Waals surface area contributed by atoms with Crippen molar-refractivity contribution in [3.05, 3.63) is 48.3 Å². The Labute approximate surface area is 192 Å². The van der Waals surface area contributed by atoms with Crippen molar-refractivity contribution in [3.63, 3.8) is 0 Å². The zero-order valence-electron chi connectivity index (χ0n) is 19.9. The number of carbonyl (C=O) groups excluding carboxylic acids is 3. The van der Waals surface area contributed by atoms with E-state index in [1.807, 2.05) is 27.7 Å². The van der Waals surface area contributed by atoms with Gasteiger partial charge in [-0.15, -0.1) is 25.5 Å². The predicted octanol–water partition coefficient (Wildman–Crippen LogP) is 5.85. The number of unbranched alkanes of at least 4 members (excludes halogenated alkanes) is 1. The fraction of sp³-hybridized carbons (Fsp3) is 0.536. The van der Waals surface area contributed by atoms with Crippen LogP contribution in [0.15, 0.2) is 48.3 Å². The van der Waals surface area contributed by atoms with E-state index in [1.54, 1.807) is 12.2 Å². The molecule has 4 nitrogen and oxygen atoms in total. The van der Waals surface area contributed by atoms with Crippen LogP contribution in [-0.2, 0) is 14.4 Å².